The Balaban J connectivity index is 2.49. The Labute approximate surface area is 123 Å². The number of benzene rings is 1. The minimum Gasteiger partial charge on any atom is -0.370 e. The van der Waals surface area contributed by atoms with Crippen LogP contribution >= 0.6 is 0 Å². The lowest BCUT2D eigenvalue weighted by Gasteiger charge is -2.23. The Hall–Kier alpha value is -1.55. The van der Waals surface area contributed by atoms with Crippen LogP contribution in [0.2, 0.25) is 0 Å². The second-order valence-corrected chi connectivity index (χ2v) is 5.31. The summed E-state index contributed by atoms with van der Waals surface area (Å²) in [5, 5.41) is 3.15. The van der Waals surface area contributed by atoms with E-state index in [4.69, 9.17) is 5.73 Å². The van der Waals surface area contributed by atoms with E-state index in [1.807, 2.05) is 6.07 Å². The number of hydrogen-bond donors (Lipinski definition) is 2. The number of nitrogens with two attached hydrogens (primary N) is 1. The maximum Gasteiger partial charge on any atom is 0.188 e. The molecule has 0 saturated heterocycles. The van der Waals surface area contributed by atoms with Crippen molar-refractivity contribution in [2.45, 2.75) is 32.2 Å². The fraction of sp³-hybridized carbons (Fsp3) is 0.562. The molecular formula is C16H28N4. The first-order chi connectivity index (χ1) is 9.63. The van der Waals surface area contributed by atoms with Crippen LogP contribution in [0.15, 0.2) is 35.3 Å². The summed E-state index contributed by atoms with van der Waals surface area (Å²) >= 11 is 0. The van der Waals surface area contributed by atoms with Gasteiger partial charge >= 0.3 is 0 Å². The second kappa shape index (κ2) is 9.37. The number of unbranched alkanes of at least 4 members (excludes halogenated alkanes) is 1. The van der Waals surface area contributed by atoms with E-state index in [-0.39, 0.29) is 0 Å². The molecule has 0 aliphatic heterocycles. The maximum absolute atomic E-state index is 5.88. The lowest BCUT2D eigenvalue weighted by atomic mass is 10.1. The summed E-state index contributed by atoms with van der Waals surface area (Å²) < 4.78 is 0. The topological polar surface area (TPSA) is 53.6 Å². The average Bonchev–Trinajstić information content (AvgIpc) is 2.44. The van der Waals surface area contributed by atoms with E-state index in [1.165, 1.54) is 5.56 Å². The van der Waals surface area contributed by atoms with Gasteiger partial charge in [-0.05, 0) is 32.5 Å². The summed E-state index contributed by atoms with van der Waals surface area (Å²) in [6, 6.07) is 10.9. The number of likely N-dealkylation sites (N-methyl/N-ethyl adjacent to an activating group) is 1. The van der Waals surface area contributed by atoms with E-state index < -0.39 is 0 Å². The quantitative estimate of drug-likeness (QED) is 0.433. The Bertz CT molecular complexity index is 387. The van der Waals surface area contributed by atoms with Crippen LogP contribution in [0.25, 0.3) is 0 Å². The van der Waals surface area contributed by atoms with Crippen molar-refractivity contribution in [3.05, 3.63) is 35.9 Å². The molecule has 0 heterocycles. The van der Waals surface area contributed by atoms with Gasteiger partial charge in [0.05, 0.1) is 6.54 Å². The van der Waals surface area contributed by atoms with Gasteiger partial charge in [0.15, 0.2) is 5.96 Å². The molecule has 1 rings (SSSR count). The van der Waals surface area contributed by atoms with Crippen molar-refractivity contribution >= 4 is 5.96 Å². The first kappa shape index (κ1) is 16.5. The minimum absolute atomic E-state index is 0.365. The smallest absolute Gasteiger partial charge is 0.188 e. The molecule has 1 aromatic rings. The summed E-state index contributed by atoms with van der Waals surface area (Å²) in [4.78, 5) is 6.66. The van der Waals surface area contributed by atoms with Gasteiger partial charge < -0.3 is 16.0 Å². The summed E-state index contributed by atoms with van der Waals surface area (Å²) in [7, 11) is 4.17. The molecule has 0 fully saturated rings. The average molecular weight is 276 g/mol. The molecule has 0 aromatic heterocycles. The summed E-state index contributed by atoms with van der Waals surface area (Å²) in [6.45, 7) is 3.78. The minimum atomic E-state index is 0.365. The third-order valence-corrected chi connectivity index (χ3v) is 3.35. The fourth-order valence-electron chi connectivity index (χ4n) is 1.95. The van der Waals surface area contributed by atoms with Crippen LogP contribution in [0.5, 0.6) is 0 Å². The Morgan fingerprint density at radius 3 is 2.60 bits per heavy atom. The molecule has 4 nitrogen and oxygen atoms in total. The molecule has 0 radical (unpaired) electrons. The van der Waals surface area contributed by atoms with E-state index in [2.05, 4.69) is 60.5 Å². The maximum atomic E-state index is 5.88. The molecule has 1 atom stereocenters. The van der Waals surface area contributed by atoms with Gasteiger partial charge in [-0.15, -0.1) is 0 Å². The van der Waals surface area contributed by atoms with Gasteiger partial charge in [0.2, 0.25) is 0 Å². The van der Waals surface area contributed by atoms with Gasteiger partial charge in [-0.3, -0.25) is 4.99 Å². The highest BCUT2D eigenvalue weighted by atomic mass is 15.1. The highest BCUT2D eigenvalue weighted by Crippen LogP contribution is 2.07. The molecule has 0 bridgehead atoms. The van der Waals surface area contributed by atoms with Crippen molar-refractivity contribution in [2.75, 3.05) is 27.2 Å². The van der Waals surface area contributed by atoms with Crippen LogP contribution in [0.3, 0.4) is 0 Å². The van der Waals surface area contributed by atoms with Crippen LogP contribution < -0.4 is 11.1 Å². The normalized spacial score (nSPS) is 13.5. The van der Waals surface area contributed by atoms with Crippen molar-refractivity contribution in [1.29, 1.82) is 0 Å². The van der Waals surface area contributed by atoms with E-state index in [0.717, 1.165) is 25.8 Å². The lowest BCUT2D eigenvalue weighted by molar-refractivity contribution is 0.298. The molecule has 3 N–H and O–H groups in total. The van der Waals surface area contributed by atoms with Gasteiger partial charge in [0.25, 0.3) is 0 Å². The summed E-state index contributed by atoms with van der Waals surface area (Å²) in [5.41, 5.74) is 7.21. The first-order valence-electron chi connectivity index (χ1n) is 7.37. The van der Waals surface area contributed by atoms with E-state index >= 15 is 0 Å². The SMILES string of the molecule is CCCCNC(N)=NCC(Cc1ccccc1)N(C)C. The lowest BCUT2D eigenvalue weighted by Crippen LogP contribution is -2.37. The van der Waals surface area contributed by atoms with Crippen LogP contribution in [0.1, 0.15) is 25.3 Å². The van der Waals surface area contributed by atoms with Gasteiger partial charge in [-0.2, -0.15) is 0 Å². The van der Waals surface area contributed by atoms with Crippen molar-refractivity contribution in [2.24, 2.45) is 10.7 Å². The predicted octanol–water partition coefficient (Wildman–Crippen LogP) is 1.86. The monoisotopic (exact) mass is 276 g/mol. The number of nitrogens with zero attached hydrogens (tertiary/aromatic N) is 2. The zero-order chi connectivity index (χ0) is 14.8. The molecule has 0 aliphatic rings. The largest absolute Gasteiger partial charge is 0.370 e. The summed E-state index contributed by atoms with van der Waals surface area (Å²) in [5.74, 6) is 0.554. The Morgan fingerprint density at radius 1 is 1.30 bits per heavy atom. The van der Waals surface area contributed by atoms with Crippen LogP contribution in [0.4, 0.5) is 0 Å². The molecule has 4 heteroatoms. The first-order valence-corrected chi connectivity index (χ1v) is 7.37. The number of rotatable bonds is 8. The standard InChI is InChI=1S/C16H28N4/c1-4-5-11-18-16(17)19-13-15(20(2)3)12-14-9-7-6-8-10-14/h6-10,15H,4-5,11-13H2,1-3H3,(H3,17,18,19). The van der Waals surface area contributed by atoms with Crippen molar-refractivity contribution in [1.82, 2.24) is 10.2 Å². The van der Waals surface area contributed by atoms with E-state index in [9.17, 15) is 0 Å². The van der Waals surface area contributed by atoms with Gasteiger partial charge in [-0.1, -0.05) is 43.7 Å². The van der Waals surface area contributed by atoms with Crippen LogP contribution in [-0.4, -0.2) is 44.1 Å². The van der Waals surface area contributed by atoms with Crippen LogP contribution in [-0.2, 0) is 6.42 Å². The molecule has 1 aromatic carbocycles. The van der Waals surface area contributed by atoms with Crippen molar-refractivity contribution < 1.29 is 0 Å². The van der Waals surface area contributed by atoms with Gasteiger partial charge in [0, 0.05) is 12.6 Å². The van der Waals surface area contributed by atoms with E-state index in [1.54, 1.807) is 0 Å². The zero-order valence-electron chi connectivity index (χ0n) is 13.0. The second-order valence-electron chi connectivity index (χ2n) is 5.31. The van der Waals surface area contributed by atoms with Crippen molar-refractivity contribution in [3.8, 4) is 0 Å². The highest BCUT2D eigenvalue weighted by molar-refractivity contribution is 5.77. The number of nitrogens with one attached hydrogen (secondary N) is 1. The van der Waals surface area contributed by atoms with Crippen molar-refractivity contribution in [3.63, 3.8) is 0 Å². The van der Waals surface area contributed by atoms with Crippen LogP contribution in [0, 0.1) is 0 Å². The Kier molecular flexibility index (Phi) is 7.73. The molecule has 0 spiro atoms. The molecule has 0 amide bonds. The predicted molar refractivity (Wildman–Crippen MR) is 87.0 cm³/mol. The third-order valence-electron chi connectivity index (χ3n) is 3.35. The number of hydrogen-bond acceptors (Lipinski definition) is 2. The molecule has 112 valence electrons. The van der Waals surface area contributed by atoms with Gasteiger partial charge in [0.1, 0.15) is 0 Å². The number of aliphatic imine (C=N–C) groups is 1. The molecular weight excluding hydrogens is 248 g/mol. The Morgan fingerprint density at radius 2 is 2.00 bits per heavy atom. The molecule has 20 heavy (non-hydrogen) atoms. The molecule has 0 saturated carbocycles. The zero-order valence-corrected chi connectivity index (χ0v) is 13.0. The number of guanidine groups is 1. The van der Waals surface area contributed by atoms with E-state index in [0.29, 0.717) is 18.5 Å². The summed E-state index contributed by atoms with van der Waals surface area (Å²) in [6.07, 6.45) is 3.27. The molecule has 0 aliphatic carbocycles. The fourth-order valence-corrected chi connectivity index (χ4v) is 1.95. The highest BCUT2D eigenvalue weighted by Gasteiger charge is 2.11. The molecule has 1 unspecified atom stereocenters. The third kappa shape index (κ3) is 6.57. The van der Waals surface area contributed by atoms with Gasteiger partial charge in [-0.25, -0.2) is 0 Å².